The van der Waals surface area contributed by atoms with E-state index >= 15 is 0 Å². The molecule has 1 fully saturated rings. The highest BCUT2D eigenvalue weighted by molar-refractivity contribution is 8.03. The number of benzene rings is 2. The zero-order chi connectivity index (χ0) is 20.5. The monoisotopic (exact) mass is 421 g/mol. The number of allylic oxidation sites excluding steroid dienone is 2. The third kappa shape index (κ3) is 3.47. The Bertz CT molecular complexity index is 1030. The highest BCUT2D eigenvalue weighted by Crippen LogP contribution is 2.46. The fraction of sp³-hybridized carbons (Fsp3) is 0.217. The van der Waals surface area contributed by atoms with Crippen molar-refractivity contribution in [2.45, 2.75) is 25.7 Å². The van der Waals surface area contributed by atoms with Gasteiger partial charge in [-0.15, -0.1) is 0 Å². The summed E-state index contributed by atoms with van der Waals surface area (Å²) in [5.41, 5.74) is 3.95. The lowest BCUT2D eigenvalue weighted by Gasteiger charge is -2.20. The van der Waals surface area contributed by atoms with Gasteiger partial charge < -0.3 is 4.90 Å². The van der Waals surface area contributed by atoms with Gasteiger partial charge in [0.15, 0.2) is 5.11 Å². The number of hydrogen-bond acceptors (Lipinski definition) is 4. The Balaban J connectivity index is 1.74. The van der Waals surface area contributed by atoms with Crippen molar-refractivity contribution in [3.8, 4) is 0 Å². The Kier molecular flexibility index (Phi) is 5.48. The highest BCUT2D eigenvalue weighted by Gasteiger charge is 2.37. The quantitative estimate of drug-likeness (QED) is 0.493. The molecule has 0 spiro atoms. The Morgan fingerprint density at radius 1 is 1.00 bits per heavy atom. The van der Waals surface area contributed by atoms with Crippen LogP contribution in [-0.2, 0) is 4.79 Å². The molecule has 1 amide bonds. The van der Waals surface area contributed by atoms with Crippen molar-refractivity contribution in [1.82, 2.24) is 4.90 Å². The van der Waals surface area contributed by atoms with Crippen molar-refractivity contribution in [1.29, 1.82) is 0 Å². The van der Waals surface area contributed by atoms with Crippen LogP contribution in [0.3, 0.4) is 0 Å². The molecule has 1 saturated heterocycles. The first-order valence-electron chi connectivity index (χ1n) is 9.74. The predicted molar refractivity (Wildman–Crippen MR) is 125 cm³/mol. The average Bonchev–Trinajstić information content (AvgIpc) is 3.19. The normalized spacial score (nSPS) is 19.1. The molecule has 2 heterocycles. The van der Waals surface area contributed by atoms with Crippen LogP contribution in [0.2, 0.25) is 0 Å². The van der Waals surface area contributed by atoms with Gasteiger partial charge in [-0.2, -0.15) is 0 Å². The van der Waals surface area contributed by atoms with E-state index in [4.69, 9.17) is 12.2 Å². The Labute approximate surface area is 181 Å². The first-order chi connectivity index (χ1) is 14.0. The first-order valence-corrected chi connectivity index (χ1v) is 11.0. The van der Waals surface area contributed by atoms with Gasteiger partial charge in [-0.1, -0.05) is 36.0 Å². The van der Waals surface area contributed by atoms with Crippen molar-refractivity contribution < 1.29 is 4.79 Å². The van der Waals surface area contributed by atoms with Gasteiger partial charge in [0, 0.05) is 23.7 Å². The highest BCUT2D eigenvalue weighted by atomic mass is 32.2. The largest absolute Gasteiger partial charge is 0.335 e. The number of para-hydroxylation sites is 1. The molecule has 4 rings (SSSR count). The van der Waals surface area contributed by atoms with E-state index in [-0.39, 0.29) is 5.91 Å². The van der Waals surface area contributed by atoms with Crippen LogP contribution in [0.25, 0.3) is 0 Å². The van der Waals surface area contributed by atoms with Gasteiger partial charge in [0.2, 0.25) is 0 Å². The topological polar surface area (TPSA) is 26.8 Å². The minimum atomic E-state index is -0.0578. The summed E-state index contributed by atoms with van der Waals surface area (Å²) in [6, 6.07) is 16.3. The minimum absolute atomic E-state index is 0.0578. The smallest absolute Gasteiger partial charge is 0.277 e. The maximum atomic E-state index is 13.0. The fourth-order valence-corrected chi connectivity index (χ4v) is 5.25. The molecule has 0 N–H and O–H groups in total. The zero-order valence-electron chi connectivity index (χ0n) is 16.8. The number of hydrogen-bond donors (Lipinski definition) is 0. The van der Waals surface area contributed by atoms with Crippen LogP contribution in [0.5, 0.6) is 0 Å². The number of rotatable bonds is 4. The van der Waals surface area contributed by atoms with E-state index in [1.807, 2.05) is 54.3 Å². The number of nitrogens with zero attached hydrogens (tertiary/aromatic N) is 3. The van der Waals surface area contributed by atoms with Gasteiger partial charge in [0.05, 0.1) is 10.7 Å². The number of likely N-dealkylation sites (N-methyl/N-ethyl adjacent to an activating group) is 1. The number of amides is 1. The van der Waals surface area contributed by atoms with Gasteiger partial charge in [0.25, 0.3) is 5.91 Å². The third-order valence-electron chi connectivity index (χ3n) is 5.04. The lowest BCUT2D eigenvalue weighted by molar-refractivity contribution is -0.122. The van der Waals surface area contributed by atoms with Crippen LogP contribution in [0.1, 0.15) is 19.4 Å². The minimum Gasteiger partial charge on any atom is -0.335 e. The predicted octanol–water partition coefficient (Wildman–Crippen LogP) is 5.31. The summed E-state index contributed by atoms with van der Waals surface area (Å²) in [5.74, 6) is -0.0578. The number of carbonyl (C=O) groups is 1. The zero-order valence-corrected chi connectivity index (χ0v) is 18.4. The molecule has 0 saturated carbocycles. The molecule has 2 aliphatic heterocycles. The summed E-state index contributed by atoms with van der Waals surface area (Å²) in [6.45, 7) is 7.61. The Morgan fingerprint density at radius 2 is 1.72 bits per heavy atom. The van der Waals surface area contributed by atoms with E-state index in [9.17, 15) is 4.79 Å². The fourth-order valence-electron chi connectivity index (χ4n) is 3.61. The molecule has 2 aliphatic rings. The second-order valence-electron chi connectivity index (χ2n) is 6.88. The molecule has 2 aromatic carbocycles. The Morgan fingerprint density at radius 3 is 2.41 bits per heavy atom. The van der Waals surface area contributed by atoms with Crippen molar-refractivity contribution in [2.75, 3.05) is 22.9 Å². The third-order valence-corrected chi connectivity index (χ3v) is 6.56. The summed E-state index contributed by atoms with van der Waals surface area (Å²) in [4.78, 5) is 20.1. The van der Waals surface area contributed by atoms with Gasteiger partial charge in [-0.25, -0.2) is 0 Å². The first kappa shape index (κ1) is 19.7. The molecule has 6 heteroatoms. The molecule has 0 atom stereocenters. The van der Waals surface area contributed by atoms with E-state index < -0.39 is 0 Å². The number of aryl methyl sites for hydroxylation is 1. The maximum Gasteiger partial charge on any atom is 0.277 e. The summed E-state index contributed by atoms with van der Waals surface area (Å²) >= 11 is 7.36. The second-order valence-corrected chi connectivity index (χ2v) is 8.30. The summed E-state index contributed by atoms with van der Waals surface area (Å²) in [6.07, 6.45) is 3.94. The maximum absolute atomic E-state index is 13.0. The molecule has 148 valence electrons. The lowest BCUT2D eigenvalue weighted by Crippen LogP contribution is -2.32. The number of thioether (sulfide) groups is 1. The molecule has 0 unspecified atom stereocenters. The molecule has 0 radical (unpaired) electrons. The van der Waals surface area contributed by atoms with Crippen molar-refractivity contribution in [3.63, 3.8) is 0 Å². The molecule has 4 nitrogen and oxygen atoms in total. The van der Waals surface area contributed by atoms with E-state index in [1.54, 1.807) is 16.7 Å². The number of fused-ring (bicyclic) bond motifs is 1. The summed E-state index contributed by atoms with van der Waals surface area (Å²) < 4.78 is 0. The van der Waals surface area contributed by atoms with Crippen molar-refractivity contribution in [3.05, 3.63) is 77.0 Å². The van der Waals surface area contributed by atoms with E-state index in [1.165, 1.54) is 16.1 Å². The second kappa shape index (κ2) is 8.05. The SMILES string of the molecule is CCN1C(=O)/C(=C/C=C2/Sc3cc(C)ccc3N2CC)N(c2ccccc2)C1=S. The molecule has 0 aliphatic carbocycles. The van der Waals surface area contributed by atoms with Crippen LogP contribution >= 0.6 is 24.0 Å². The molecule has 29 heavy (non-hydrogen) atoms. The lowest BCUT2D eigenvalue weighted by atomic mass is 10.2. The van der Waals surface area contributed by atoms with Gasteiger partial charge in [-0.3, -0.25) is 14.6 Å². The van der Waals surface area contributed by atoms with Gasteiger partial charge >= 0.3 is 0 Å². The van der Waals surface area contributed by atoms with Gasteiger partial charge in [-0.05, 0) is 75.0 Å². The number of carbonyl (C=O) groups excluding carboxylic acids is 1. The standard InChI is InChI=1S/C23H23N3OS2/c1-4-24-18-12-11-16(3)15-20(18)29-21(24)14-13-19-22(27)25(5-2)23(28)26(19)17-9-7-6-8-10-17/h6-15H,4-5H2,1-3H3/b19-13-,21-14+. The van der Waals surface area contributed by atoms with Crippen LogP contribution in [0, 0.1) is 6.92 Å². The van der Waals surface area contributed by atoms with E-state index in [0.29, 0.717) is 17.4 Å². The molecular weight excluding hydrogens is 398 g/mol. The van der Waals surface area contributed by atoms with E-state index in [2.05, 4.69) is 36.9 Å². The van der Waals surface area contributed by atoms with Crippen LogP contribution in [0.15, 0.2) is 76.3 Å². The average molecular weight is 422 g/mol. The number of thiocarbonyl (C=S) groups is 1. The van der Waals surface area contributed by atoms with Crippen LogP contribution in [-0.4, -0.2) is 29.0 Å². The number of anilines is 2. The van der Waals surface area contributed by atoms with Crippen LogP contribution < -0.4 is 9.80 Å². The molecular formula is C23H23N3OS2. The van der Waals surface area contributed by atoms with Crippen molar-refractivity contribution in [2.24, 2.45) is 0 Å². The summed E-state index contributed by atoms with van der Waals surface area (Å²) in [5, 5.41) is 1.64. The van der Waals surface area contributed by atoms with Crippen molar-refractivity contribution >= 4 is 46.4 Å². The van der Waals surface area contributed by atoms with Gasteiger partial charge in [0.1, 0.15) is 5.70 Å². The van der Waals surface area contributed by atoms with Crippen LogP contribution in [0.4, 0.5) is 11.4 Å². The molecule has 0 bridgehead atoms. The molecule has 2 aromatic rings. The molecule has 0 aromatic heterocycles. The van der Waals surface area contributed by atoms with E-state index in [0.717, 1.165) is 17.3 Å². The Hall–Kier alpha value is -2.57. The summed E-state index contributed by atoms with van der Waals surface area (Å²) in [7, 11) is 0.